The summed E-state index contributed by atoms with van der Waals surface area (Å²) in [5, 5.41) is 0. The van der Waals surface area contributed by atoms with Gasteiger partial charge in [0.15, 0.2) is 0 Å². The van der Waals surface area contributed by atoms with Crippen LogP contribution in [0.25, 0.3) is 0 Å². The SMILES string of the molecule is CC1CCC(CC(=O)C23CC4C[C@@](C)(C2)C[C@](c2ccccc2)(C4)C3)CC1.CC1CCN(C(=O)C23CC4C[C@@](C)(C2)C[C@](c2ccccc2)(C4)C3)CC1.CC1CCN(CC23CC4CC(C)(C2)CC(c2ccccc2)(C4)C3)CC1.CCC1CCC(CC(=O)C23CC4C[C@@](C)(C2)C[C@](c2ccccc2)(C4)C3)CC1.C[C@@]12CC3CC(C(=O)C[C@H]4CN5CCC4CC5)(C1)C[C@](c1ccccc1)(C3)C2. The maximum atomic E-state index is 13.9. The normalized spacial score (nSPS) is 45.2. The van der Waals surface area contributed by atoms with Crippen LogP contribution < -0.4 is 0 Å². The highest BCUT2D eigenvalue weighted by Gasteiger charge is 2.70. The summed E-state index contributed by atoms with van der Waals surface area (Å²) >= 11 is 0. The van der Waals surface area contributed by atoms with Crippen LogP contribution in [-0.4, -0.2) is 90.3 Å². The molecule has 22 bridgehead atoms. The number of carbonyl (C=O) groups excluding carboxylic acids is 4. The molecule has 7 heteroatoms. The lowest BCUT2D eigenvalue weighted by Crippen LogP contribution is -2.62. The molecule has 5 saturated heterocycles. The van der Waals surface area contributed by atoms with E-state index in [9.17, 15) is 19.2 Å². The molecular weight excluding hydrogens is 1630 g/mol. The van der Waals surface area contributed by atoms with E-state index in [1.54, 1.807) is 5.56 Å². The molecule has 0 N–H and O–H groups in total. The average molecular weight is 1810 g/mol. The molecule has 27 fully saturated rings. The quantitative estimate of drug-likeness (QED) is 0.0870. The first-order valence-corrected chi connectivity index (χ1v) is 56.9. The van der Waals surface area contributed by atoms with Crippen LogP contribution in [0.1, 0.15) is 398 Å². The van der Waals surface area contributed by atoms with Gasteiger partial charge in [-0.15, -0.1) is 0 Å². The molecule has 724 valence electrons. The number of amides is 1. The Morgan fingerprint density at radius 3 is 0.948 bits per heavy atom. The number of piperidine rings is 5. The fraction of sp³-hybridized carbons (Fsp3) is 0.732. The Morgan fingerprint density at radius 2 is 0.597 bits per heavy atom. The third kappa shape index (κ3) is 17.8. The minimum absolute atomic E-state index is 0.00687. The van der Waals surface area contributed by atoms with Crippen molar-refractivity contribution in [2.45, 2.75) is 398 Å². The van der Waals surface area contributed by atoms with E-state index < -0.39 is 0 Å². The first-order chi connectivity index (χ1) is 64.2. The van der Waals surface area contributed by atoms with Gasteiger partial charge in [0.05, 0.1) is 5.41 Å². The Labute approximate surface area is 812 Å². The van der Waals surface area contributed by atoms with Crippen LogP contribution in [0.4, 0.5) is 0 Å². The fourth-order valence-electron chi connectivity index (χ4n) is 42.1. The summed E-state index contributed by atoms with van der Waals surface area (Å²) in [5.41, 5.74) is 11.8. The number of hydrogen-bond donors (Lipinski definition) is 0. The van der Waals surface area contributed by atoms with Crippen LogP contribution in [0, 0.1) is 131 Å². The summed E-state index contributed by atoms with van der Waals surface area (Å²) in [4.78, 5) is 63.0. The minimum atomic E-state index is -0.0788. The number of rotatable bonds is 18. The molecule has 5 aromatic carbocycles. The van der Waals surface area contributed by atoms with Crippen molar-refractivity contribution in [3.8, 4) is 0 Å². The monoisotopic (exact) mass is 1810 g/mol. The van der Waals surface area contributed by atoms with Gasteiger partial charge in [-0.05, 0) is 447 Å². The Kier molecular flexibility index (Phi) is 24.6. The molecule has 5 aromatic rings. The third-order valence-electron chi connectivity index (χ3n) is 44.4. The molecule has 22 saturated carbocycles. The number of likely N-dealkylation sites (tertiary alicyclic amines) is 2. The number of nitrogens with zero attached hydrogens (tertiary/aromatic N) is 3. The van der Waals surface area contributed by atoms with Gasteiger partial charge in [0.25, 0.3) is 0 Å². The van der Waals surface area contributed by atoms with Crippen molar-refractivity contribution in [1.29, 1.82) is 0 Å². The molecule has 5 heterocycles. The van der Waals surface area contributed by atoms with Crippen LogP contribution in [-0.2, 0) is 46.3 Å². The molecule has 7 nitrogen and oxygen atoms in total. The molecule has 0 aromatic heterocycles. The van der Waals surface area contributed by atoms with E-state index in [-0.39, 0.29) is 43.3 Å². The van der Waals surface area contributed by atoms with Gasteiger partial charge in [0.2, 0.25) is 5.91 Å². The zero-order valence-electron chi connectivity index (χ0n) is 85.5. The second-order valence-corrected chi connectivity index (χ2v) is 56.6. The summed E-state index contributed by atoms with van der Waals surface area (Å²) in [6.07, 6.45) is 61.0. The Bertz CT molecular complexity index is 5010. The second kappa shape index (κ2) is 35.3. The topological polar surface area (TPSA) is 78.0 Å². The van der Waals surface area contributed by atoms with Gasteiger partial charge in [0.1, 0.15) is 17.3 Å². The van der Waals surface area contributed by atoms with Crippen molar-refractivity contribution in [3.63, 3.8) is 0 Å². The summed E-state index contributed by atoms with van der Waals surface area (Å²) in [5.74, 6) is 12.8. The molecular formula is C127H177N3O4. The number of carbonyl (C=O) groups is 4. The Balaban J connectivity index is 0.0000000975. The largest absolute Gasteiger partial charge is 0.342 e. The first-order valence-electron chi connectivity index (χ1n) is 56.9. The smallest absolute Gasteiger partial charge is 0.228 e. The molecule has 22 aliphatic carbocycles. The van der Waals surface area contributed by atoms with E-state index in [0.717, 1.165) is 130 Å². The van der Waals surface area contributed by atoms with E-state index in [1.807, 2.05) is 0 Å². The molecule has 12 unspecified atom stereocenters. The Morgan fingerprint density at radius 1 is 0.291 bits per heavy atom. The van der Waals surface area contributed by atoms with Gasteiger partial charge in [-0.1, -0.05) is 246 Å². The number of hydrogen-bond acceptors (Lipinski definition) is 6. The lowest BCUT2D eigenvalue weighted by atomic mass is 9.38. The van der Waals surface area contributed by atoms with Crippen LogP contribution >= 0.6 is 0 Å². The van der Waals surface area contributed by atoms with Crippen molar-refractivity contribution < 1.29 is 19.2 Å². The number of fused-ring (bicyclic) bond motifs is 3. The molecule has 21 atom stereocenters. The van der Waals surface area contributed by atoms with Crippen LogP contribution in [0.5, 0.6) is 0 Å². The van der Waals surface area contributed by atoms with Gasteiger partial charge >= 0.3 is 0 Å². The van der Waals surface area contributed by atoms with Gasteiger partial charge < -0.3 is 14.7 Å². The van der Waals surface area contributed by atoms with Gasteiger partial charge in [-0.2, -0.15) is 0 Å². The molecule has 0 radical (unpaired) electrons. The van der Waals surface area contributed by atoms with E-state index in [2.05, 4.69) is 229 Å². The van der Waals surface area contributed by atoms with E-state index >= 15 is 0 Å². The fourth-order valence-corrected chi connectivity index (χ4v) is 42.1. The molecule has 32 rings (SSSR count). The first kappa shape index (κ1) is 93.5. The number of ketones is 3. The van der Waals surface area contributed by atoms with Crippen LogP contribution in [0.3, 0.4) is 0 Å². The van der Waals surface area contributed by atoms with Crippen molar-refractivity contribution in [3.05, 3.63) is 179 Å². The summed E-state index contributed by atoms with van der Waals surface area (Å²) in [6.45, 7) is 31.9. The van der Waals surface area contributed by atoms with Crippen molar-refractivity contribution >= 4 is 23.3 Å². The van der Waals surface area contributed by atoms with Crippen molar-refractivity contribution in [2.75, 3.05) is 52.4 Å². The van der Waals surface area contributed by atoms with Crippen molar-refractivity contribution in [1.82, 2.24) is 14.7 Å². The lowest BCUT2D eigenvalue weighted by Gasteiger charge is -2.67. The van der Waals surface area contributed by atoms with Gasteiger partial charge in [0, 0.05) is 61.7 Å². The Hall–Kier alpha value is -5.50. The maximum Gasteiger partial charge on any atom is 0.228 e. The number of benzene rings is 5. The molecule has 27 aliphatic rings. The van der Waals surface area contributed by atoms with Gasteiger partial charge in [-0.25, -0.2) is 0 Å². The maximum absolute atomic E-state index is 13.9. The van der Waals surface area contributed by atoms with Crippen LogP contribution in [0.2, 0.25) is 0 Å². The van der Waals surface area contributed by atoms with E-state index in [0.29, 0.717) is 78.9 Å². The predicted molar refractivity (Wildman–Crippen MR) is 547 cm³/mol. The average Bonchev–Trinajstić information content (AvgIpc) is 0.710. The van der Waals surface area contributed by atoms with Crippen molar-refractivity contribution in [2.24, 2.45) is 131 Å². The highest BCUT2D eigenvalue weighted by atomic mass is 16.2. The van der Waals surface area contributed by atoms with Crippen LogP contribution in [0.15, 0.2) is 152 Å². The van der Waals surface area contributed by atoms with E-state index in [1.165, 1.54) is 312 Å². The zero-order valence-corrected chi connectivity index (χ0v) is 85.5. The number of Topliss-reactive ketones (excluding diaryl/α,β-unsaturated/α-hetero) is 3. The van der Waals surface area contributed by atoms with E-state index in [4.69, 9.17) is 0 Å². The molecule has 1 amide bonds. The second-order valence-electron chi connectivity index (χ2n) is 56.6. The lowest BCUT2D eigenvalue weighted by molar-refractivity contribution is -0.171. The highest BCUT2D eigenvalue weighted by Crippen LogP contribution is 2.77. The molecule has 134 heavy (non-hydrogen) atoms. The molecule has 5 aliphatic heterocycles. The summed E-state index contributed by atoms with van der Waals surface area (Å²) in [6, 6.07) is 56.5. The predicted octanol–water partition coefficient (Wildman–Crippen LogP) is 29.8. The summed E-state index contributed by atoms with van der Waals surface area (Å²) < 4.78 is 0. The zero-order chi connectivity index (χ0) is 92.2. The van der Waals surface area contributed by atoms with Gasteiger partial charge in [-0.3, -0.25) is 19.2 Å². The minimum Gasteiger partial charge on any atom is -0.342 e. The molecule has 0 spiro atoms. The summed E-state index contributed by atoms with van der Waals surface area (Å²) in [7, 11) is 0. The standard InChI is InChI=1S/C27H38O.C26H35NO.C26H36O.C24H33NO.C24H35N/c1-3-20-9-11-21(12-10-20)13-24(28)27-16-22-14-25(2,18-27)17-26(15-22,19-27)23-7-5-4-6-8-23;1-24-12-19-13-25(16-24,22-5-3-2-4-6-22)18-26(14-19,17-24)23(28)11-21-15-27-9-7-20(21)8-10-27;1-19-8-10-20(11-9-19)12-23(27)26-15-21-13-24(2,17-26)16-25(14-21,18-26)22-6-4-3-5-7-22;1-18-8-10-25(11-9-18)21(26)24-14-19-12-22(2,16-24)15-23(13-19,17-24)20-6-4-3-5-7-20;1-19-8-10-25(11-9-19)18-23-13-20-12-22(2,15-23)16-24(14-20,17-23)21-6-4-3-5-7-21/h4-8,20-22H,3,9-19H2,1-2H3;2-6,19-21H,7-18H2,1H3;3-7,19-21H,8-18H2,1-2H3;3-7,18-19H,8-17H2,1-2H3;3-7,19-20H,8-18H2,1-2H3/t20?,21?,22?,25-,26-,27?;19?,21-,24-,25-,26?;19?,20?,21?,24-,25-,26?;19?,22-,23-,24?;/m1011./s1. The highest BCUT2D eigenvalue weighted by molar-refractivity contribution is 5.88. The third-order valence-corrected chi connectivity index (χ3v) is 44.4.